The van der Waals surface area contributed by atoms with Gasteiger partial charge in [0, 0.05) is 38.8 Å². The molecule has 30 heavy (non-hydrogen) atoms. The molecule has 0 N–H and O–H groups in total. The Hall–Kier alpha value is -3.09. The second-order valence-electron chi connectivity index (χ2n) is 7.75. The van der Waals surface area contributed by atoms with Crippen LogP contribution < -0.4 is 9.47 Å². The number of hydrogen-bond acceptors (Lipinski definition) is 5. The van der Waals surface area contributed by atoms with Gasteiger partial charge in [-0.05, 0) is 48.9 Å². The molecule has 1 aliphatic rings. The normalized spacial score (nSPS) is 14.3. The second-order valence-corrected chi connectivity index (χ2v) is 7.75. The van der Waals surface area contributed by atoms with Crippen molar-refractivity contribution < 1.29 is 19.1 Å². The lowest BCUT2D eigenvalue weighted by Crippen LogP contribution is -2.39. The predicted molar refractivity (Wildman–Crippen MR) is 114 cm³/mol. The number of nitrogens with zero attached hydrogens (tertiary/aromatic N) is 3. The molecule has 7 heteroatoms. The van der Waals surface area contributed by atoms with Crippen molar-refractivity contribution in [2.24, 2.45) is 5.92 Å². The zero-order valence-corrected chi connectivity index (χ0v) is 18.1. The number of aromatic nitrogens is 1. The van der Waals surface area contributed by atoms with Gasteiger partial charge >= 0.3 is 0 Å². The van der Waals surface area contributed by atoms with E-state index in [2.05, 4.69) is 4.98 Å². The summed E-state index contributed by atoms with van der Waals surface area (Å²) >= 11 is 0. The molecule has 0 unspecified atom stereocenters. The van der Waals surface area contributed by atoms with Gasteiger partial charge in [0.1, 0.15) is 5.56 Å². The van der Waals surface area contributed by atoms with Crippen LogP contribution in [0, 0.1) is 5.92 Å². The zero-order valence-electron chi connectivity index (χ0n) is 18.1. The quantitative estimate of drug-likeness (QED) is 0.731. The number of benzene rings is 1. The summed E-state index contributed by atoms with van der Waals surface area (Å²) in [5.74, 6) is 1.17. The third-order valence-corrected chi connectivity index (χ3v) is 5.50. The van der Waals surface area contributed by atoms with Crippen LogP contribution in [-0.4, -0.2) is 68.0 Å². The van der Waals surface area contributed by atoms with E-state index >= 15 is 0 Å². The number of carbonyl (C=O) groups is 2. The average molecular weight is 412 g/mol. The van der Waals surface area contributed by atoms with E-state index in [1.54, 1.807) is 31.1 Å². The van der Waals surface area contributed by atoms with Crippen LogP contribution in [0.1, 0.15) is 39.1 Å². The van der Waals surface area contributed by atoms with Crippen LogP contribution in [0.25, 0.3) is 0 Å². The van der Waals surface area contributed by atoms with Crippen LogP contribution in [0.5, 0.6) is 11.8 Å². The second kappa shape index (κ2) is 9.61. The first-order valence-electron chi connectivity index (χ1n) is 10.1. The maximum Gasteiger partial charge on any atom is 0.259 e. The largest absolute Gasteiger partial charge is 0.481 e. The number of carbonyl (C=O) groups excluding carboxylic acids is 2. The zero-order chi connectivity index (χ0) is 21.7. The highest BCUT2D eigenvalue weighted by molar-refractivity contribution is 5.96. The Labute approximate surface area is 177 Å². The summed E-state index contributed by atoms with van der Waals surface area (Å²) < 4.78 is 10.4. The van der Waals surface area contributed by atoms with E-state index in [9.17, 15) is 9.59 Å². The molecule has 0 spiro atoms. The third-order valence-electron chi connectivity index (χ3n) is 5.50. The predicted octanol–water partition coefficient (Wildman–Crippen LogP) is 2.90. The van der Waals surface area contributed by atoms with Crippen molar-refractivity contribution in [3.63, 3.8) is 0 Å². The van der Waals surface area contributed by atoms with E-state index in [4.69, 9.17) is 9.47 Å². The Balaban J connectivity index is 1.57. The molecular weight excluding hydrogens is 382 g/mol. The Morgan fingerprint density at radius 2 is 1.70 bits per heavy atom. The number of ether oxygens (including phenoxy) is 2. The molecule has 1 aliphatic heterocycles. The van der Waals surface area contributed by atoms with E-state index < -0.39 is 0 Å². The monoisotopic (exact) mass is 411 g/mol. The summed E-state index contributed by atoms with van der Waals surface area (Å²) in [6.07, 6.45) is 2.83. The van der Waals surface area contributed by atoms with Gasteiger partial charge in [0.2, 0.25) is 11.8 Å². The SMILES string of the molecule is COc1ccc(C(=O)N2CCC(Cc3ccc(C(=O)N(C)C)cc3)CC2)c(OC)n1. The van der Waals surface area contributed by atoms with Gasteiger partial charge in [-0.2, -0.15) is 4.98 Å². The fraction of sp³-hybridized carbons (Fsp3) is 0.435. The number of amides is 2. The van der Waals surface area contributed by atoms with Gasteiger partial charge in [0.05, 0.1) is 14.2 Å². The van der Waals surface area contributed by atoms with E-state index in [1.807, 2.05) is 29.2 Å². The van der Waals surface area contributed by atoms with Crippen LogP contribution in [0.3, 0.4) is 0 Å². The van der Waals surface area contributed by atoms with Crippen molar-refractivity contribution in [1.29, 1.82) is 0 Å². The molecular formula is C23H29N3O4. The molecule has 1 aromatic carbocycles. The van der Waals surface area contributed by atoms with E-state index in [1.165, 1.54) is 19.8 Å². The molecule has 1 saturated heterocycles. The van der Waals surface area contributed by atoms with Crippen molar-refractivity contribution in [3.05, 3.63) is 53.1 Å². The van der Waals surface area contributed by atoms with Crippen molar-refractivity contribution in [1.82, 2.24) is 14.8 Å². The lowest BCUT2D eigenvalue weighted by Gasteiger charge is -2.32. The summed E-state index contributed by atoms with van der Waals surface area (Å²) in [4.78, 5) is 32.6. The molecule has 0 radical (unpaired) electrons. The van der Waals surface area contributed by atoms with Gasteiger partial charge in [-0.3, -0.25) is 9.59 Å². The first-order chi connectivity index (χ1) is 14.4. The number of piperidine rings is 1. The topological polar surface area (TPSA) is 72.0 Å². The Morgan fingerprint density at radius 1 is 1.03 bits per heavy atom. The van der Waals surface area contributed by atoms with Gasteiger partial charge in [-0.15, -0.1) is 0 Å². The van der Waals surface area contributed by atoms with Crippen LogP contribution in [0.2, 0.25) is 0 Å². The smallest absolute Gasteiger partial charge is 0.259 e. The average Bonchev–Trinajstić information content (AvgIpc) is 2.78. The summed E-state index contributed by atoms with van der Waals surface area (Å²) in [5, 5.41) is 0. The molecule has 0 aliphatic carbocycles. The highest BCUT2D eigenvalue weighted by Gasteiger charge is 2.26. The maximum absolute atomic E-state index is 12.9. The third kappa shape index (κ3) is 4.90. The molecule has 7 nitrogen and oxygen atoms in total. The van der Waals surface area contributed by atoms with E-state index in [-0.39, 0.29) is 17.7 Å². The van der Waals surface area contributed by atoms with Crippen molar-refractivity contribution in [2.45, 2.75) is 19.3 Å². The minimum atomic E-state index is -0.0630. The molecule has 0 atom stereocenters. The molecule has 0 bridgehead atoms. The fourth-order valence-corrected chi connectivity index (χ4v) is 3.74. The molecule has 0 saturated carbocycles. The minimum Gasteiger partial charge on any atom is -0.481 e. The fourth-order valence-electron chi connectivity index (χ4n) is 3.74. The van der Waals surface area contributed by atoms with Crippen molar-refractivity contribution in [3.8, 4) is 11.8 Å². The van der Waals surface area contributed by atoms with Crippen LogP contribution in [0.4, 0.5) is 0 Å². The first kappa shape index (κ1) is 21.6. The van der Waals surface area contributed by atoms with Gasteiger partial charge in [0.15, 0.2) is 0 Å². The minimum absolute atomic E-state index is 0.0109. The highest BCUT2D eigenvalue weighted by Crippen LogP contribution is 2.26. The number of pyridine rings is 1. The standard InChI is InChI=1S/C23H29N3O4/c1-25(2)22(27)18-7-5-16(6-8-18)15-17-11-13-26(14-12-17)23(28)19-9-10-20(29-3)24-21(19)30-4/h5-10,17H,11-15H2,1-4H3. The van der Waals surface area contributed by atoms with Crippen LogP contribution in [0.15, 0.2) is 36.4 Å². The van der Waals surface area contributed by atoms with Crippen LogP contribution in [-0.2, 0) is 6.42 Å². The van der Waals surface area contributed by atoms with Gasteiger partial charge in [-0.1, -0.05) is 12.1 Å². The number of methoxy groups -OCH3 is 2. The Morgan fingerprint density at radius 3 is 2.27 bits per heavy atom. The van der Waals surface area contributed by atoms with E-state index in [0.29, 0.717) is 36.0 Å². The van der Waals surface area contributed by atoms with Gasteiger partial charge < -0.3 is 19.3 Å². The molecule has 1 fully saturated rings. The lowest BCUT2D eigenvalue weighted by atomic mass is 9.89. The van der Waals surface area contributed by atoms with E-state index in [0.717, 1.165) is 19.3 Å². The summed E-state index contributed by atoms with van der Waals surface area (Å²) in [6.45, 7) is 1.41. The maximum atomic E-state index is 12.9. The first-order valence-corrected chi connectivity index (χ1v) is 10.1. The molecule has 1 aromatic heterocycles. The highest BCUT2D eigenvalue weighted by atomic mass is 16.5. The number of hydrogen-bond donors (Lipinski definition) is 0. The van der Waals surface area contributed by atoms with Crippen molar-refractivity contribution in [2.75, 3.05) is 41.4 Å². The molecule has 3 rings (SSSR count). The van der Waals surface area contributed by atoms with Crippen LogP contribution >= 0.6 is 0 Å². The summed E-state index contributed by atoms with van der Waals surface area (Å²) in [7, 11) is 6.54. The number of rotatable bonds is 6. The molecule has 2 aromatic rings. The van der Waals surface area contributed by atoms with Crippen molar-refractivity contribution >= 4 is 11.8 Å². The Kier molecular flexibility index (Phi) is 6.92. The summed E-state index contributed by atoms with van der Waals surface area (Å²) in [5.41, 5.74) is 2.38. The molecule has 2 amide bonds. The summed E-state index contributed by atoms with van der Waals surface area (Å²) in [6, 6.07) is 11.2. The lowest BCUT2D eigenvalue weighted by molar-refractivity contribution is 0.0686. The molecule has 2 heterocycles. The molecule has 160 valence electrons. The van der Waals surface area contributed by atoms with Gasteiger partial charge in [0.25, 0.3) is 11.8 Å². The Bertz CT molecular complexity index is 888. The number of likely N-dealkylation sites (tertiary alicyclic amines) is 1. The van der Waals surface area contributed by atoms with Gasteiger partial charge in [-0.25, -0.2) is 0 Å².